The first kappa shape index (κ1) is 13.5. The number of hydrogen-bond donors (Lipinski definition) is 4. The molecule has 1 unspecified atom stereocenters. The largest absolute Gasteiger partial charge is 0.391 e. The Morgan fingerprint density at radius 3 is 2.47 bits per heavy atom. The van der Waals surface area contributed by atoms with Crippen LogP contribution in [0.25, 0.3) is 0 Å². The molecule has 1 aromatic rings. The quantitative estimate of drug-likeness (QED) is 0.586. The standard InChI is InChI=1S/C11H21N5O/c1-3-7(4-2)8(17)6-14-10-5-9(12)15-11(13)16-10/h5,7-8,17H,3-4,6H2,1-2H3,(H5,12,13,14,15,16). The molecule has 6 N–H and O–H groups in total. The molecule has 0 spiro atoms. The predicted molar refractivity (Wildman–Crippen MR) is 69.4 cm³/mol. The summed E-state index contributed by atoms with van der Waals surface area (Å²) in [6.45, 7) is 4.57. The zero-order chi connectivity index (χ0) is 12.8. The second-order valence-electron chi connectivity index (χ2n) is 4.06. The van der Waals surface area contributed by atoms with Crippen molar-refractivity contribution in [1.82, 2.24) is 9.97 Å². The van der Waals surface area contributed by atoms with Crippen molar-refractivity contribution >= 4 is 17.6 Å². The van der Waals surface area contributed by atoms with E-state index in [0.717, 1.165) is 12.8 Å². The molecule has 0 bridgehead atoms. The van der Waals surface area contributed by atoms with Crippen LogP contribution in [0.1, 0.15) is 26.7 Å². The summed E-state index contributed by atoms with van der Waals surface area (Å²) in [4.78, 5) is 7.75. The first-order valence-corrected chi connectivity index (χ1v) is 5.88. The van der Waals surface area contributed by atoms with Gasteiger partial charge in [0.1, 0.15) is 11.6 Å². The van der Waals surface area contributed by atoms with Crippen molar-refractivity contribution in [2.45, 2.75) is 32.8 Å². The van der Waals surface area contributed by atoms with E-state index in [2.05, 4.69) is 29.1 Å². The summed E-state index contributed by atoms with van der Waals surface area (Å²) in [6, 6.07) is 1.59. The van der Waals surface area contributed by atoms with Crippen LogP contribution in [0.5, 0.6) is 0 Å². The van der Waals surface area contributed by atoms with Gasteiger partial charge in [-0.1, -0.05) is 26.7 Å². The fraction of sp³-hybridized carbons (Fsp3) is 0.636. The van der Waals surface area contributed by atoms with Gasteiger partial charge < -0.3 is 21.9 Å². The molecule has 6 nitrogen and oxygen atoms in total. The Labute approximate surface area is 101 Å². The first-order valence-electron chi connectivity index (χ1n) is 5.88. The van der Waals surface area contributed by atoms with Crippen molar-refractivity contribution < 1.29 is 5.11 Å². The van der Waals surface area contributed by atoms with Gasteiger partial charge in [0.05, 0.1) is 6.10 Å². The number of nitrogens with two attached hydrogens (primary N) is 2. The molecular weight excluding hydrogens is 218 g/mol. The van der Waals surface area contributed by atoms with Crippen LogP contribution in [-0.2, 0) is 0 Å². The molecule has 0 amide bonds. The first-order chi connectivity index (χ1) is 8.06. The molecule has 1 rings (SSSR count). The Balaban J connectivity index is 2.55. The third kappa shape index (κ3) is 4.07. The Kier molecular flexibility index (Phi) is 4.96. The molecular formula is C11H21N5O. The van der Waals surface area contributed by atoms with Gasteiger partial charge in [-0.15, -0.1) is 0 Å². The third-order valence-corrected chi connectivity index (χ3v) is 2.85. The molecule has 1 heterocycles. The van der Waals surface area contributed by atoms with E-state index in [0.29, 0.717) is 24.1 Å². The van der Waals surface area contributed by atoms with E-state index in [-0.39, 0.29) is 5.95 Å². The van der Waals surface area contributed by atoms with Gasteiger partial charge in [-0.25, -0.2) is 0 Å². The molecule has 17 heavy (non-hydrogen) atoms. The number of aliphatic hydroxyl groups excluding tert-OH is 1. The Morgan fingerprint density at radius 1 is 1.29 bits per heavy atom. The van der Waals surface area contributed by atoms with Gasteiger partial charge in [0, 0.05) is 12.6 Å². The number of aliphatic hydroxyl groups is 1. The minimum atomic E-state index is -0.401. The summed E-state index contributed by atoms with van der Waals surface area (Å²) in [5.41, 5.74) is 11.0. The van der Waals surface area contributed by atoms with Crippen molar-refractivity contribution in [3.63, 3.8) is 0 Å². The summed E-state index contributed by atoms with van der Waals surface area (Å²) in [5, 5.41) is 13.0. The summed E-state index contributed by atoms with van der Waals surface area (Å²) in [7, 11) is 0. The highest BCUT2D eigenvalue weighted by molar-refractivity contribution is 5.48. The molecule has 0 fully saturated rings. The second kappa shape index (κ2) is 6.24. The lowest BCUT2D eigenvalue weighted by Gasteiger charge is -2.20. The summed E-state index contributed by atoms with van der Waals surface area (Å²) in [6.07, 6.45) is 1.50. The fourth-order valence-electron chi connectivity index (χ4n) is 1.78. The van der Waals surface area contributed by atoms with Crippen LogP contribution in [0.15, 0.2) is 6.07 Å². The SMILES string of the molecule is CCC(CC)C(O)CNc1cc(N)nc(N)n1. The molecule has 1 atom stereocenters. The van der Waals surface area contributed by atoms with E-state index >= 15 is 0 Å². The van der Waals surface area contributed by atoms with Crippen LogP contribution in [0.3, 0.4) is 0 Å². The highest BCUT2D eigenvalue weighted by Crippen LogP contribution is 2.14. The molecule has 0 aromatic carbocycles. The number of rotatable bonds is 6. The number of anilines is 3. The van der Waals surface area contributed by atoms with Crippen molar-refractivity contribution in [1.29, 1.82) is 0 Å². The monoisotopic (exact) mass is 239 g/mol. The number of nitrogens with one attached hydrogen (secondary N) is 1. The van der Waals surface area contributed by atoms with Crippen molar-refractivity contribution in [3.8, 4) is 0 Å². The number of nitrogens with zero attached hydrogens (tertiary/aromatic N) is 2. The van der Waals surface area contributed by atoms with Crippen LogP contribution < -0.4 is 16.8 Å². The second-order valence-corrected chi connectivity index (χ2v) is 4.06. The topological polar surface area (TPSA) is 110 Å². The van der Waals surface area contributed by atoms with Gasteiger partial charge >= 0.3 is 0 Å². The van der Waals surface area contributed by atoms with Crippen molar-refractivity contribution in [3.05, 3.63) is 6.07 Å². The van der Waals surface area contributed by atoms with Gasteiger partial charge in [-0.2, -0.15) is 9.97 Å². The van der Waals surface area contributed by atoms with Crippen LogP contribution in [-0.4, -0.2) is 27.7 Å². The summed E-state index contributed by atoms with van der Waals surface area (Å²) < 4.78 is 0. The zero-order valence-corrected chi connectivity index (χ0v) is 10.3. The molecule has 0 aliphatic carbocycles. The molecule has 0 aliphatic heterocycles. The average molecular weight is 239 g/mol. The lowest BCUT2D eigenvalue weighted by atomic mass is 9.97. The van der Waals surface area contributed by atoms with Gasteiger partial charge in [-0.05, 0) is 5.92 Å². The highest BCUT2D eigenvalue weighted by Gasteiger charge is 2.15. The Bertz CT molecular complexity index is 333. The third-order valence-electron chi connectivity index (χ3n) is 2.85. The summed E-state index contributed by atoms with van der Waals surface area (Å²) >= 11 is 0. The van der Waals surface area contributed by atoms with Crippen LogP contribution in [0, 0.1) is 5.92 Å². The van der Waals surface area contributed by atoms with Gasteiger partial charge in [0.2, 0.25) is 5.95 Å². The highest BCUT2D eigenvalue weighted by atomic mass is 16.3. The minimum Gasteiger partial charge on any atom is -0.391 e. The van der Waals surface area contributed by atoms with E-state index in [1.165, 1.54) is 0 Å². The lowest BCUT2D eigenvalue weighted by Crippen LogP contribution is -2.28. The van der Waals surface area contributed by atoms with Crippen molar-refractivity contribution in [2.24, 2.45) is 5.92 Å². The number of aromatic nitrogens is 2. The van der Waals surface area contributed by atoms with E-state index in [1.54, 1.807) is 6.07 Å². The van der Waals surface area contributed by atoms with E-state index in [4.69, 9.17) is 11.5 Å². The molecule has 0 saturated heterocycles. The molecule has 0 saturated carbocycles. The van der Waals surface area contributed by atoms with E-state index < -0.39 is 6.10 Å². The smallest absolute Gasteiger partial charge is 0.223 e. The fourth-order valence-corrected chi connectivity index (χ4v) is 1.78. The molecule has 0 radical (unpaired) electrons. The zero-order valence-electron chi connectivity index (χ0n) is 10.3. The molecule has 6 heteroatoms. The molecule has 96 valence electrons. The maximum atomic E-state index is 9.94. The molecule has 0 aliphatic rings. The van der Waals surface area contributed by atoms with Crippen LogP contribution >= 0.6 is 0 Å². The summed E-state index contributed by atoms with van der Waals surface area (Å²) in [5.74, 6) is 1.28. The number of hydrogen-bond acceptors (Lipinski definition) is 6. The Morgan fingerprint density at radius 2 is 1.94 bits per heavy atom. The number of nitrogen functional groups attached to an aromatic ring is 2. The maximum Gasteiger partial charge on any atom is 0.223 e. The molecule has 1 aromatic heterocycles. The van der Waals surface area contributed by atoms with Crippen molar-refractivity contribution in [2.75, 3.05) is 23.3 Å². The minimum absolute atomic E-state index is 0.129. The van der Waals surface area contributed by atoms with Gasteiger partial charge in [-0.3, -0.25) is 0 Å². The van der Waals surface area contributed by atoms with Gasteiger partial charge in [0.25, 0.3) is 0 Å². The predicted octanol–water partition coefficient (Wildman–Crippen LogP) is 0.850. The van der Waals surface area contributed by atoms with Crippen LogP contribution in [0.4, 0.5) is 17.6 Å². The maximum absolute atomic E-state index is 9.94. The normalized spacial score (nSPS) is 12.7. The van der Waals surface area contributed by atoms with Crippen LogP contribution in [0.2, 0.25) is 0 Å². The Hall–Kier alpha value is -1.56. The average Bonchev–Trinajstić information content (AvgIpc) is 2.27. The lowest BCUT2D eigenvalue weighted by molar-refractivity contribution is 0.114. The van der Waals surface area contributed by atoms with E-state index in [9.17, 15) is 5.11 Å². The van der Waals surface area contributed by atoms with Gasteiger partial charge in [0.15, 0.2) is 0 Å². The van der Waals surface area contributed by atoms with E-state index in [1.807, 2.05) is 0 Å².